The smallest absolute Gasteiger partial charge is 0.416 e. The molecule has 2 aromatic heterocycles. The Bertz CT molecular complexity index is 1450. The van der Waals surface area contributed by atoms with E-state index in [1.54, 1.807) is 18.2 Å². The van der Waals surface area contributed by atoms with Crippen molar-refractivity contribution in [3.8, 4) is 17.0 Å². The van der Waals surface area contributed by atoms with Crippen LogP contribution in [-0.2, 0) is 6.18 Å². The van der Waals surface area contributed by atoms with Gasteiger partial charge in [0.25, 0.3) is 5.91 Å². The number of nitrogens with zero attached hydrogens (tertiary/aromatic N) is 4. The number of ether oxygens (including phenoxy) is 1. The molecule has 1 aliphatic rings. The third kappa shape index (κ3) is 4.79. The third-order valence-electron chi connectivity index (χ3n) is 6.47. The molecule has 9 nitrogen and oxygen atoms in total. The fourth-order valence-electron chi connectivity index (χ4n) is 4.55. The zero-order chi connectivity index (χ0) is 26.2. The molecule has 0 aliphatic carbocycles. The molecule has 192 valence electrons. The van der Waals surface area contributed by atoms with Crippen molar-refractivity contribution in [2.24, 2.45) is 0 Å². The van der Waals surface area contributed by atoms with Gasteiger partial charge in [-0.1, -0.05) is 6.07 Å². The Balaban J connectivity index is 1.47. The molecular weight excluding hydrogens is 487 g/mol. The molecule has 3 heterocycles. The number of piperidine rings is 1. The van der Waals surface area contributed by atoms with Crippen molar-refractivity contribution in [3.63, 3.8) is 0 Å². The van der Waals surface area contributed by atoms with Crippen LogP contribution in [0, 0.1) is 0 Å². The first-order valence-corrected chi connectivity index (χ1v) is 11.7. The van der Waals surface area contributed by atoms with Gasteiger partial charge in [0.05, 0.1) is 42.9 Å². The van der Waals surface area contributed by atoms with E-state index in [0.29, 0.717) is 39.5 Å². The maximum Gasteiger partial charge on any atom is 0.416 e. The van der Waals surface area contributed by atoms with Crippen LogP contribution in [0.25, 0.3) is 22.3 Å². The number of aromatic nitrogens is 4. The highest BCUT2D eigenvalue weighted by molar-refractivity contribution is 6.05. The molecule has 1 fully saturated rings. The number of carbonyl (C=O) groups is 1. The Morgan fingerprint density at radius 1 is 1.14 bits per heavy atom. The van der Waals surface area contributed by atoms with Crippen LogP contribution in [0.4, 0.5) is 24.7 Å². The number of methoxy groups -OCH3 is 1. The Morgan fingerprint density at radius 2 is 1.86 bits per heavy atom. The predicted octanol–water partition coefficient (Wildman–Crippen LogP) is 3.25. The van der Waals surface area contributed by atoms with Gasteiger partial charge in [0, 0.05) is 24.0 Å². The van der Waals surface area contributed by atoms with Gasteiger partial charge < -0.3 is 21.1 Å². The van der Waals surface area contributed by atoms with E-state index >= 15 is 0 Å². The van der Waals surface area contributed by atoms with Crippen molar-refractivity contribution in [2.75, 3.05) is 31.2 Å². The molecule has 5 N–H and O–H groups in total. The molecule has 0 saturated carbocycles. The Kier molecular flexibility index (Phi) is 6.42. The van der Waals surface area contributed by atoms with Crippen molar-refractivity contribution in [1.82, 2.24) is 19.7 Å². The normalized spacial score (nSPS) is 14.6. The van der Waals surface area contributed by atoms with E-state index in [9.17, 15) is 18.0 Å². The molecule has 12 heteroatoms. The quantitative estimate of drug-likeness (QED) is 0.377. The number of benzene rings is 2. The topological polar surface area (TPSA) is 125 Å². The van der Waals surface area contributed by atoms with Crippen molar-refractivity contribution >= 4 is 28.4 Å². The van der Waals surface area contributed by atoms with Crippen molar-refractivity contribution in [2.45, 2.75) is 25.1 Å². The molecule has 0 bridgehead atoms. The van der Waals surface area contributed by atoms with Gasteiger partial charge in [0.1, 0.15) is 23.6 Å². The highest BCUT2D eigenvalue weighted by Gasteiger charge is 2.30. The lowest BCUT2D eigenvalue weighted by Crippen LogP contribution is -2.86. The number of halogens is 3. The van der Waals surface area contributed by atoms with Crippen LogP contribution in [0.5, 0.6) is 5.75 Å². The number of quaternary nitrogens is 1. The number of fused-ring (bicyclic) bond motifs is 1. The predicted molar refractivity (Wildman–Crippen MR) is 131 cm³/mol. The average molecular weight is 513 g/mol. The van der Waals surface area contributed by atoms with E-state index < -0.39 is 17.6 Å². The largest absolute Gasteiger partial charge is 0.495 e. The number of alkyl halides is 3. The maximum atomic E-state index is 12.8. The minimum Gasteiger partial charge on any atom is -0.495 e. The molecule has 0 unspecified atom stereocenters. The summed E-state index contributed by atoms with van der Waals surface area (Å²) < 4.78 is 45.9. The summed E-state index contributed by atoms with van der Waals surface area (Å²) in [6.45, 7) is 2.01. The van der Waals surface area contributed by atoms with Crippen molar-refractivity contribution in [1.29, 1.82) is 0 Å². The lowest BCUT2D eigenvalue weighted by atomic mass is 10.1. The number of nitrogens with two attached hydrogens (primary N) is 2. The maximum absolute atomic E-state index is 12.8. The van der Waals surface area contributed by atoms with Crippen LogP contribution in [0.2, 0.25) is 0 Å². The molecule has 0 atom stereocenters. The molecule has 37 heavy (non-hydrogen) atoms. The second-order valence-corrected chi connectivity index (χ2v) is 8.79. The van der Waals surface area contributed by atoms with Crippen LogP contribution in [0.1, 0.15) is 34.8 Å². The van der Waals surface area contributed by atoms with E-state index in [1.165, 1.54) is 13.4 Å². The highest BCUT2D eigenvalue weighted by atomic mass is 19.4. The van der Waals surface area contributed by atoms with Gasteiger partial charge in [-0.3, -0.25) is 4.79 Å². The van der Waals surface area contributed by atoms with Crippen LogP contribution >= 0.6 is 0 Å². The van der Waals surface area contributed by atoms with Gasteiger partial charge in [-0.05, 0) is 36.4 Å². The van der Waals surface area contributed by atoms with Crippen LogP contribution in [0.3, 0.4) is 0 Å². The molecule has 1 amide bonds. The number of anilines is 2. The molecule has 4 aromatic rings. The third-order valence-corrected chi connectivity index (χ3v) is 6.47. The lowest BCUT2D eigenvalue weighted by molar-refractivity contribution is -0.664. The molecule has 5 rings (SSSR count). The summed E-state index contributed by atoms with van der Waals surface area (Å²) in [6, 6.07) is 9.32. The van der Waals surface area contributed by atoms with Gasteiger partial charge in [0.2, 0.25) is 0 Å². The van der Waals surface area contributed by atoms with Gasteiger partial charge in [-0.25, -0.2) is 14.6 Å². The summed E-state index contributed by atoms with van der Waals surface area (Å²) in [5, 5.41) is 10.5. The Labute approximate surface area is 209 Å². The average Bonchev–Trinajstić information content (AvgIpc) is 3.30. The standard InChI is InChI=1S/C25H24F3N7O2/c1-37-19-12-15(4-7-18(19)33-24(36)14-2-5-16(6-3-14)25(26,27)28)21-20-22(29)31-13-32-23(20)35(34-21)17-8-10-30-11-9-17/h2-7,12-13,17,30H,8-11H2,1H3,(H,33,36)(H2,29,31,32)/p+1. The number of hydrogen-bond donors (Lipinski definition) is 3. The summed E-state index contributed by atoms with van der Waals surface area (Å²) in [5.41, 5.74) is 7.80. The number of hydrogen-bond acceptors (Lipinski definition) is 6. The minimum atomic E-state index is -4.48. The molecular formula is C25H25F3N7O2+. The SMILES string of the molecule is COc1cc(-c2nn(C3CC[NH2+]CC3)c3ncnc(N)c23)ccc1NC(=O)c1ccc(C(F)(F)F)cc1. The van der Waals surface area contributed by atoms with Gasteiger partial charge >= 0.3 is 6.18 Å². The number of amides is 1. The Morgan fingerprint density at radius 3 is 2.54 bits per heavy atom. The van der Waals surface area contributed by atoms with Gasteiger partial charge in [-0.2, -0.15) is 18.3 Å². The number of nitrogen functional groups attached to an aromatic ring is 1. The summed E-state index contributed by atoms with van der Waals surface area (Å²) in [4.78, 5) is 21.3. The second kappa shape index (κ2) is 9.69. The van der Waals surface area contributed by atoms with Crippen molar-refractivity contribution in [3.05, 3.63) is 59.9 Å². The molecule has 1 aliphatic heterocycles. The monoisotopic (exact) mass is 512 g/mol. The van der Waals surface area contributed by atoms with Crippen LogP contribution in [0.15, 0.2) is 48.8 Å². The first kappa shape index (κ1) is 24.5. The van der Waals surface area contributed by atoms with E-state index in [1.807, 2.05) is 4.68 Å². The zero-order valence-corrected chi connectivity index (χ0v) is 19.9. The number of nitrogens with one attached hydrogen (secondary N) is 1. The second-order valence-electron chi connectivity index (χ2n) is 8.79. The molecule has 0 radical (unpaired) electrons. The summed E-state index contributed by atoms with van der Waals surface area (Å²) in [7, 11) is 1.46. The van der Waals surface area contributed by atoms with Gasteiger partial charge in [-0.15, -0.1) is 0 Å². The van der Waals surface area contributed by atoms with Gasteiger partial charge in [0.15, 0.2) is 5.65 Å². The fraction of sp³-hybridized carbons (Fsp3) is 0.280. The minimum absolute atomic E-state index is 0.0820. The molecule has 2 aromatic carbocycles. The summed E-state index contributed by atoms with van der Waals surface area (Å²) in [6.07, 6.45) is -1.14. The first-order chi connectivity index (χ1) is 17.8. The van der Waals surface area contributed by atoms with Crippen LogP contribution < -0.4 is 21.1 Å². The van der Waals surface area contributed by atoms with E-state index in [4.69, 9.17) is 15.6 Å². The fourth-order valence-corrected chi connectivity index (χ4v) is 4.55. The zero-order valence-electron chi connectivity index (χ0n) is 19.9. The van der Waals surface area contributed by atoms with E-state index in [0.717, 1.165) is 50.2 Å². The van der Waals surface area contributed by atoms with E-state index in [-0.39, 0.29) is 11.6 Å². The Hall–Kier alpha value is -4.19. The first-order valence-electron chi connectivity index (χ1n) is 11.7. The van der Waals surface area contributed by atoms with E-state index in [2.05, 4.69) is 20.6 Å². The highest BCUT2D eigenvalue weighted by Crippen LogP contribution is 2.37. The lowest BCUT2D eigenvalue weighted by Gasteiger charge is -2.21. The number of rotatable bonds is 5. The number of carbonyl (C=O) groups excluding carboxylic acids is 1. The summed E-state index contributed by atoms with van der Waals surface area (Å²) in [5.74, 6) is 0.0941. The molecule has 1 saturated heterocycles. The van der Waals surface area contributed by atoms with Crippen molar-refractivity contribution < 1.29 is 28.0 Å². The molecule has 0 spiro atoms. The summed E-state index contributed by atoms with van der Waals surface area (Å²) >= 11 is 0. The van der Waals surface area contributed by atoms with Crippen LogP contribution in [-0.4, -0.2) is 45.9 Å².